The standard InChI is InChI=1S/C20H20O4/c1-13(20(22)23-2)12-16-15-10-6-7-11-17(15)24-19(16)18(21)14-8-4-3-5-9-14/h3-11,13,20,22H,12H2,1-2H3. The molecular weight excluding hydrogens is 304 g/mol. The van der Waals surface area contributed by atoms with Gasteiger partial charge < -0.3 is 14.3 Å². The summed E-state index contributed by atoms with van der Waals surface area (Å²) in [7, 11) is 1.46. The molecule has 0 aliphatic heterocycles. The van der Waals surface area contributed by atoms with E-state index in [2.05, 4.69) is 0 Å². The first-order chi connectivity index (χ1) is 11.6. The van der Waals surface area contributed by atoms with Crippen LogP contribution in [-0.2, 0) is 11.2 Å². The molecule has 0 bridgehead atoms. The first kappa shape index (κ1) is 16.4. The molecule has 0 saturated carbocycles. The molecule has 0 fully saturated rings. The zero-order chi connectivity index (χ0) is 17.1. The van der Waals surface area contributed by atoms with Gasteiger partial charge in [0.25, 0.3) is 0 Å². The van der Waals surface area contributed by atoms with Crippen molar-refractivity contribution in [2.24, 2.45) is 5.92 Å². The van der Waals surface area contributed by atoms with Crippen LogP contribution >= 0.6 is 0 Å². The number of ketones is 1. The summed E-state index contributed by atoms with van der Waals surface area (Å²) >= 11 is 0. The Kier molecular flexibility index (Phi) is 4.79. The molecule has 0 spiro atoms. The maximum Gasteiger partial charge on any atom is 0.228 e. The lowest BCUT2D eigenvalue weighted by atomic mass is 9.95. The van der Waals surface area contributed by atoms with E-state index < -0.39 is 6.29 Å². The number of hydrogen-bond acceptors (Lipinski definition) is 4. The Labute approximate surface area is 140 Å². The smallest absolute Gasteiger partial charge is 0.228 e. The van der Waals surface area contributed by atoms with Crippen molar-refractivity contribution in [3.8, 4) is 0 Å². The molecule has 4 nitrogen and oxygen atoms in total. The highest BCUT2D eigenvalue weighted by atomic mass is 16.6. The number of benzene rings is 2. The fourth-order valence-corrected chi connectivity index (χ4v) is 2.86. The molecule has 1 aromatic heterocycles. The summed E-state index contributed by atoms with van der Waals surface area (Å²) in [5.74, 6) is 0.0109. The number of carbonyl (C=O) groups excluding carboxylic acids is 1. The van der Waals surface area contributed by atoms with Crippen LogP contribution in [0.4, 0.5) is 0 Å². The third kappa shape index (κ3) is 3.11. The molecule has 3 rings (SSSR count). The lowest BCUT2D eigenvalue weighted by Crippen LogP contribution is -2.22. The second kappa shape index (κ2) is 6.99. The molecule has 124 valence electrons. The van der Waals surface area contributed by atoms with Crippen LogP contribution in [-0.4, -0.2) is 24.3 Å². The largest absolute Gasteiger partial charge is 0.452 e. The summed E-state index contributed by atoms with van der Waals surface area (Å²) in [6.45, 7) is 1.88. The van der Waals surface area contributed by atoms with Crippen LogP contribution < -0.4 is 0 Å². The monoisotopic (exact) mass is 324 g/mol. The van der Waals surface area contributed by atoms with Crippen molar-refractivity contribution < 1.29 is 19.1 Å². The molecular formula is C20H20O4. The van der Waals surface area contributed by atoms with E-state index in [0.717, 1.165) is 10.9 Å². The van der Waals surface area contributed by atoms with Gasteiger partial charge >= 0.3 is 0 Å². The number of aliphatic hydroxyl groups excluding tert-OH is 1. The molecule has 2 unspecified atom stereocenters. The van der Waals surface area contributed by atoms with Crippen molar-refractivity contribution in [2.45, 2.75) is 19.6 Å². The summed E-state index contributed by atoms with van der Waals surface area (Å²) in [4.78, 5) is 12.9. The first-order valence-electron chi connectivity index (χ1n) is 7.93. The van der Waals surface area contributed by atoms with Crippen molar-refractivity contribution in [3.63, 3.8) is 0 Å². The van der Waals surface area contributed by atoms with E-state index in [1.807, 2.05) is 49.4 Å². The lowest BCUT2D eigenvalue weighted by Gasteiger charge is -2.17. The number of furan rings is 1. The van der Waals surface area contributed by atoms with Crippen LogP contribution in [0.3, 0.4) is 0 Å². The Morgan fingerprint density at radius 1 is 1.12 bits per heavy atom. The molecule has 3 aromatic rings. The van der Waals surface area contributed by atoms with Crippen molar-refractivity contribution in [3.05, 3.63) is 71.5 Å². The van der Waals surface area contributed by atoms with Gasteiger partial charge in [0, 0.05) is 29.5 Å². The van der Waals surface area contributed by atoms with Gasteiger partial charge in [0.05, 0.1) is 0 Å². The minimum absolute atomic E-state index is 0.152. The fourth-order valence-electron chi connectivity index (χ4n) is 2.86. The zero-order valence-electron chi connectivity index (χ0n) is 13.7. The molecule has 0 amide bonds. The summed E-state index contributed by atoms with van der Waals surface area (Å²) in [6.07, 6.45) is -0.404. The van der Waals surface area contributed by atoms with Gasteiger partial charge in [-0.1, -0.05) is 55.5 Å². The van der Waals surface area contributed by atoms with Crippen molar-refractivity contribution in [1.82, 2.24) is 0 Å². The summed E-state index contributed by atoms with van der Waals surface area (Å²) < 4.78 is 10.9. The Morgan fingerprint density at radius 3 is 2.50 bits per heavy atom. The third-order valence-electron chi connectivity index (χ3n) is 4.19. The molecule has 1 heterocycles. The molecule has 1 N–H and O–H groups in total. The first-order valence-corrected chi connectivity index (χ1v) is 7.93. The number of para-hydroxylation sites is 1. The van der Waals surface area contributed by atoms with E-state index >= 15 is 0 Å². The molecule has 0 radical (unpaired) electrons. The molecule has 24 heavy (non-hydrogen) atoms. The van der Waals surface area contributed by atoms with E-state index in [-0.39, 0.29) is 11.7 Å². The molecule has 0 aliphatic carbocycles. The Balaban J connectivity index is 2.07. The minimum atomic E-state index is -0.890. The average molecular weight is 324 g/mol. The number of rotatable bonds is 6. The van der Waals surface area contributed by atoms with E-state index in [0.29, 0.717) is 23.3 Å². The second-order valence-corrected chi connectivity index (χ2v) is 5.91. The maximum absolute atomic E-state index is 12.9. The van der Waals surface area contributed by atoms with Gasteiger partial charge in [-0.05, 0) is 12.5 Å². The number of aliphatic hydroxyl groups is 1. The van der Waals surface area contributed by atoms with E-state index in [9.17, 15) is 9.90 Å². The Bertz CT molecular complexity index is 835. The highest BCUT2D eigenvalue weighted by Crippen LogP contribution is 2.30. The highest BCUT2D eigenvalue weighted by Gasteiger charge is 2.25. The van der Waals surface area contributed by atoms with E-state index in [1.54, 1.807) is 12.1 Å². The van der Waals surface area contributed by atoms with Crippen molar-refractivity contribution in [1.29, 1.82) is 0 Å². The molecule has 2 aromatic carbocycles. The average Bonchev–Trinajstić information content (AvgIpc) is 2.99. The Hall–Kier alpha value is -2.43. The van der Waals surface area contributed by atoms with Gasteiger partial charge in [-0.15, -0.1) is 0 Å². The quantitative estimate of drug-likeness (QED) is 0.553. The molecule has 0 aliphatic rings. The molecule has 2 atom stereocenters. The zero-order valence-corrected chi connectivity index (χ0v) is 13.7. The Morgan fingerprint density at radius 2 is 1.79 bits per heavy atom. The minimum Gasteiger partial charge on any atom is -0.452 e. The van der Waals surface area contributed by atoms with Crippen LogP contribution in [0.5, 0.6) is 0 Å². The van der Waals surface area contributed by atoms with Gasteiger partial charge in [-0.2, -0.15) is 0 Å². The van der Waals surface area contributed by atoms with Crippen LogP contribution in [0.25, 0.3) is 11.0 Å². The van der Waals surface area contributed by atoms with Crippen molar-refractivity contribution in [2.75, 3.05) is 7.11 Å². The summed E-state index contributed by atoms with van der Waals surface area (Å²) in [6, 6.07) is 16.6. The summed E-state index contributed by atoms with van der Waals surface area (Å²) in [5.41, 5.74) is 2.06. The van der Waals surface area contributed by atoms with Gasteiger partial charge in [-0.3, -0.25) is 4.79 Å². The van der Waals surface area contributed by atoms with Crippen LogP contribution in [0.15, 0.2) is 59.0 Å². The van der Waals surface area contributed by atoms with Gasteiger partial charge in [0.15, 0.2) is 12.1 Å². The predicted octanol–water partition coefficient (Wildman–Crippen LogP) is 3.81. The number of fused-ring (bicyclic) bond motifs is 1. The topological polar surface area (TPSA) is 59.7 Å². The van der Waals surface area contributed by atoms with Crippen molar-refractivity contribution >= 4 is 16.8 Å². The van der Waals surface area contributed by atoms with Gasteiger partial charge in [0.2, 0.25) is 5.78 Å². The molecule has 0 saturated heterocycles. The van der Waals surface area contributed by atoms with Crippen LogP contribution in [0, 0.1) is 5.92 Å². The predicted molar refractivity (Wildman–Crippen MR) is 92.0 cm³/mol. The normalized spacial score (nSPS) is 13.8. The summed E-state index contributed by atoms with van der Waals surface area (Å²) in [5, 5.41) is 10.8. The number of ether oxygens (including phenoxy) is 1. The lowest BCUT2D eigenvalue weighted by molar-refractivity contribution is -0.107. The van der Waals surface area contributed by atoms with Crippen LogP contribution in [0.1, 0.15) is 28.6 Å². The number of carbonyl (C=O) groups is 1. The number of methoxy groups -OCH3 is 1. The molecule has 4 heteroatoms. The van der Waals surface area contributed by atoms with E-state index in [4.69, 9.17) is 9.15 Å². The highest BCUT2D eigenvalue weighted by molar-refractivity contribution is 6.10. The van der Waals surface area contributed by atoms with Crippen LogP contribution in [0.2, 0.25) is 0 Å². The maximum atomic E-state index is 12.9. The third-order valence-corrected chi connectivity index (χ3v) is 4.19. The fraction of sp³-hybridized carbons (Fsp3) is 0.250. The van der Waals surface area contributed by atoms with Gasteiger partial charge in [0.1, 0.15) is 5.58 Å². The second-order valence-electron chi connectivity index (χ2n) is 5.91. The SMILES string of the molecule is COC(O)C(C)Cc1c(C(=O)c2ccccc2)oc2ccccc12. The van der Waals surface area contributed by atoms with E-state index in [1.165, 1.54) is 7.11 Å². The number of hydrogen-bond donors (Lipinski definition) is 1. The van der Waals surface area contributed by atoms with Gasteiger partial charge in [-0.25, -0.2) is 0 Å².